The van der Waals surface area contributed by atoms with Crippen LogP contribution in [0.2, 0.25) is 0 Å². The molecule has 0 aliphatic rings. The van der Waals surface area contributed by atoms with Gasteiger partial charge in [0.25, 0.3) is 0 Å². The highest BCUT2D eigenvalue weighted by Gasteiger charge is 2.11. The maximum absolute atomic E-state index is 12.0. The Labute approximate surface area is 129 Å². The Morgan fingerprint density at radius 1 is 1.14 bits per heavy atom. The molecule has 0 fully saturated rings. The monoisotopic (exact) mass is 312 g/mol. The largest absolute Gasteiger partial charge is 0.316 e. The van der Waals surface area contributed by atoms with Crippen LogP contribution in [0.15, 0.2) is 24.3 Å². The van der Waals surface area contributed by atoms with Crippen molar-refractivity contribution >= 4 is 10.0 Å². The van der Waals surface area contributed by atoms with Gasteiger partial charge < -0.3 is 5.32 Å². The fourth-order valence-corrected chi connectivity index (χ4v) is 3.39. The van der Waals surface area contributed by atoms with Crippen molar-refractivity contribution in [3.05, 3.63) is 35.4 Å². The number of unbranched alkanes of at least 4 members (excludes halogenated alkanes) is 1. The average molecular weight is 312 g/mol. The molecule has 0 spiro atoms. The van der Waals surface area contributed by atoms with E-state index in [0.29, 0.717) is 12.5 Å². The Kier molecular flexibility index (Phi) is 7.93. The maximum atomic E-state index is 12.0. The molecule has 0 aliphatic carbocycles. The van der Waals surface area contributed by atoms with Crippen molar-refractivity contribution in [1.29, 1.82) is 0 Å². The van der Waals surface area contributed by atoms with Gasteiger partial charge in [0.05, 0.1) is 5.75 Å². The summed E-state index contributed by atoms with van der Waals surface area (Å²) in [5.41, 5.74) is 1.93. The quantitative estimate of drug-likeness (QED) is 0.653. The Hall–Kier alpha value is -0.910. The third kappa shape index (κ3) is 8.19. The van der Waals surface area contributed by atoms with Crippen LogP contribution in [0.3, 0.4) is 0 Å². The van der Waals surface area contributed by atoms with E-state index in [4.69, 9.17) is 0 Å². The number of hydrogen-bond acceptors (Lipinski definition) is 3. The molecule has 0 atom stereocenters. The van der Waals surface area contributed by atoms with E-state index in [0.717, 1.165) is 36.9 Å². The summed E-state index contributed by atoms with van der Waals surface area (Å²) < 4.78 is 26.8. The Bertz CT molecular complexity index is 513. The summed E-state index contributed by atoms with van der Waals surface area (Å²) in [6, 6.07) is 7.69. The highest BCUT2D eigenvalue weighted by molar-refractivity contribution is 7.88. The van der Waals surface area contributed by atoms with Gasteiger partial charge in [-0.2, -0.15) is 0 Å². The van der Waals surface area contributed by atoms with Gasteiger partial charge in [-0.1, -0.05) is 51.0 Å². The van der Waals surface area contributed by atoms with E-state index in [2.05, 4.69) is 23.9 Å². The van der Waals surface area contributed by atoms with Crippen LogP contribution in [0, 0.1) is 5.92 Å². The topological polar surface area (TPSA) is 58.2 Å². The highest BCUT2D eigenvalue weighted by Crippen LogP contribution is 2.09. The van der Waals surface area contributed by atoms with E-state index in [9.17, 15) is 8.42 Å². The van der Waals surface area contributed by atoms with Crippen molar-refractivity contribution in [1.82, 2.24) is 10.0 Å². The first-order valence-electron chi connectivity index (χ1n) is 7.62. The molecule has 5 heteroatoms. The van der Waals surface area contributed by atoms with Gasteiger partial charge in [-0.05, 0) is 30.5 Å². The Morgan fingerprint density at radius 3 is 2.52 bits per heavy atom. The van der Waals surface area contributed by atoms with E-state index in [1.54, 1.807) is 0 Å². The number of nitrogens with one attached hydrogen (secondary N) is 2. The van der Waals surface area contributed by atoms with Crippen molar-refractivity contribution in [3.8, 4) is 0 Å². The lowest BCUT2D eigenvalue weighted by Crippen LogP contribution is -2.26. The van der Waals surface area contributed by atoms with Crippen LogP contribution in [-0.2, 0) is 22.3 Å². The van der Waals surface area contributed by atoms with Gasteiger partial charge in [-0.3, -0.25) is 0 Å². The molecule has 0 heterocycles. The lowest BCUT2D eigenvalue weighted by molar-refractivity contribution is 0.530. The molecule has 0 saturated carbocycles. The highest BCUT2D eigenvalue weighted by atomic mass is 32.2. The van der Waals surface area contributed by atoms with Crippen molar-refractivity contribution in [2.24, 2.45) is 5.92 Å². The summed E-state index contributed by atoms with van der Waals surface area (Å²) in [5, 5.41) is 3.07. The molecular formula is C16H28N2O2S. The first kappa shape index (κ1) is 18.1. The van der Waals surface area contributed by atoms with Crippen LogP contribution >= 0.6 is 0 Å². The standard InChI is InChI=1S/C16H28N2O2S/c1-14(2)7-4-5-10-18-21(19,20)13-16-9-6-8-15(11-16)12-17-3/h6,8-9,11,14,17-18H,4-5,7,10,12-13H2,1-3H3. The molecule has 1 aromatic carbocycles. The van der Waals surface area contributed by atoms with E-state index in [-0.39, 0.29) is 5.75 Å². The van der Waals surface area contributed by atoms with Gasteiger partial charge in [-0.25, -0.2) is 13.1 Å². The van der Waals surface area contributed by atoms with Crippen LogP contribution in [0.25, 0.3) is 0 Å². The third-order valence-corrected chi connectivity index (χ3v) is 4.62. The van der Waals surface area contributed by atoms with Crippen LogP contribution in [0.1, 0.15) is 44.2 Å². The summed E-state index contributed by atoms with van der Waals surface area (Å²) >= 11 is 0. The minimum absolute atomic E-state index is 0.0503. The molecule has 0 aromatic heterocycles. The van der Waals surface area contributed by atoms with Crippen LogP contribution in [-0.4, -0.2) is 22.0 Å². The van der Waals surface area contributed by atoms with Crippen molar-refractivity contribution in [2.45, 2.75) is 45.4 Å². The van der Waals surface area contributed by atoms with Gasteiger partial charge in [0.15, 0.2) is 0 Å². The number of sulfonamides is 1. The SMILES string of the molecule is CNCc1cccc(CS(=O)(=O)NCCCCC(C)C)c1. The lowest BCUT2D eigenvalue weighted by atomic mass is 10.1. The summed E-state index contributed by atoms with van der Waals surface area (Å²) in [4.78, 5) is 0. The predicted octanol–water partition coefficient (Wildman–Crippen LogP) is 2.65. The van der Waals surface area contributed by atoms with E-state index < -0.39 is 10.0 Å². The normalized spacial score (nSPS) is 12.0. The fraction of sp³-hybridized carbons (Fsp3) is 0.625. The lowest BCUT2D eigenvalue weighted by Gasteiger charge is -2.09. The molecule has 2 N–H and O–H groups in total. The second kappa shape index (κ2) is 9.18. The summed E-state index contributed by atoms with van der Waals surface area (Å²) in [6.07, 6.45) is 3.11. The summed E-state index contributed by atoms with van der Waals surface area (Å²) in [5.74, 6) is 0.728. The van der Waals surface area contributed by atoms with Gasteiger partial charge in [0, 0.05) is 13.1 Å². The van der Waals surface area contributed by atoms with E-state index in [1.165, 1.54) is 0 Å². The Balaban J connectivity index is 2.43. The van der Waals surface area contributed by atoms with Crippen LogP contribution < -0.4 is 10.0 Å². The molecule has 0 radical (unpaired) electrons. The third-order valence-electron chi connectivity index (χ3n) is 3.26. The molecule has 4 nitrogen and oxygen atoms in total. The molecule has 0 unspecified atom stereocenters. The molecule has 1 aromatic rings. The molecular weight excluding hydrogens is 284 g/mol. The zero-order valence-corrected chi connectivity index (χ0v) is 14.2. The zero-order valence-electron chi connectivity index (χ0n) is 13.4. The molecule has 0 aliphatic heterocycles. The molecule has 0 amide bonds. The molecule has 21 heavy (non-hydrogen) atoms. The second-order valence-electron chi connectivity index (χ2n) is 5.89. The van der Waals surface area contributed by atoms with E-state index >= 15 is 0 Å². The predicted molar refractivity (Wildman–Crippen MR) is 88.5 cm³/mol. The van der Waals surface area contributed by atoms with Crippen molar-refractivity contribution in [3.63, 3.8) is 0 Å². The first-order valence-corrected chi connectivity index (χ1v) is 9.28. The molecule has 0 saturated heterocycles. The molecule has 120 valence electrons. The fourth-order valence-electron chi connectivity index (χ4n) is 2.21. The molecule has 0 bridgehead atoms. The van der Waals surface area contributed by atoms with Crippen molar-refractivity contribution < 1.29 is 8.42 Å². The summed E-state index contributed by atoms with van der Waals surface area (Å²) in [7, 11) is -1.36. The van der Waals surface area contributed by atoms with E-state index in [1.807, 2.05) is 31.3 Å². The smallest absolute Gasteiger partial charge is 0.215 e. The Morgan fingerprint density at radius 2 is 1.86 bits per heavy atom. The second-order valence-corrected chi connectivity index (χ2v) is 7.70. The minimum Gasteiger partial charge on any atom is -0.316 e. The summed E-state index contributed by atoms with van der Waals surface area (Å²) in [6.45, 7) is 5.65. The van der Waals surface area contributed by atoms with Gasteiger partial charge in [0.2, 0.25) is 10.0 Å². The van der Waals surface area contributed by atoms with Crippen molar-refractivity contribution in [2.75, 3.05) is 13.6 Å². The number of rotatable bonds is 10. The minimum atomic E-state index is -3.24. The number of benzene rings is 1. The zero-order chi connectivity index (χ0) is 15.7. The van der Waals surface area contributed by atoms with Gasteiger partial charge in [-0.15, -0.1) is 0 Å². The van der Waals surface area contributed by atoms with Crippen LogP contribution in [0.4, 0.5) is 0 Å². The van der Waals surface area contributed by atoms with Gasteiger partial charge in [0.1, 0.15) is 0 Å². The maximum Gasteiger partial charge on any atom is 0.215 e. The van der Waals surface area contributed by atoms with Crippen LogP contribution in [0.5, 0.6) is 0 Å². The van der Waals surface area contributed by atoms with Gasteiger partial charge >= 0.3 is 0 Å². The average Bonchev–Trinajstić information content (AvgIpc) is 2.38. The number of hydrogen-bond donors (Lipinski definition) is 2. The first-order chi connectivity index (χ1) is 9.93. The molecule has 1 rings (SSSR count).